The molecule has 0 amide bonds. The molecule has 0 bridgehead atoms. The molecule has 1 aromatic heterocycles. The van der Waals surface area contributed by atoms with Gasteiger partial charge in [-0.3, -0.25) is 4.79 Å². The third kappa shape index (κ3) is 3.13. The van der Waals surface area contributed by atoms with Gasteiger partial charge >= 0.3 is 0 Å². The molecule has 1 heterocycles. The minimum absolute atomic E-state index is 0.189. The summed E-state index contributed by atoms with van der Waals surface area (Å²) in [6, 6.07) is 3.33. The number of H-pyrrole nitrogens is 1. The summed E-state index contributed by atoms with van der Waals surface area (Å²) in [4.78, 5) is 17.6. The quantitative estimate of drug-likeness (QED) is 0.869. The van der Waals surface area contributed by atoms with Crippen molar-refractivity contribution in [3.8, 4) is 0 Å². The first-order valence-corrected chi connectivity index (χ1v) is 5.38. The fourth-order valence-corrected chi connectivity index (χ4v) is 1.56. The van der Waals surface area contributed by atoms with E-state index in [-0.39, 0.29) is 11.4 Å². The molecular weight excluding hydrogens is 240 g/mol. The second kappa shape index (κ2) is 5.39. The van der Waals surface area contributed by atoms with E-state index in [0.717, 1.165) is 6.07 Å². The Bertz CT molecular complexity index is 578. The molecule has 0 spiro atoms. The molecule has 0 fully saturated rings. The van der Waals surface area contributed by atoms with Crippen LogP contribution in [0.5, 0.6) is 0 Å². The summed E-state index contributed by atoms with van der Waals surface area (Å²) in [5.74, 6) is -1.03. The highest BCUT2D eigenvalue weighted by Gasteiger charge is 2.02. The van der Waals surface area contributed by atoms with Crippen molar-refractivity contribution in [2.24, 2.45) is 0 Å². The number of aromatic nitrogens is 2. The monoisotopic (exact) mass is 251 g/mol. The van der Waals surface area contributed by atoms with Crippen LogP contribution in [0.1, 0.15) is 5.56 Å². The minimum Gasteiger partial charge on any atom is -0.365 e. The Balaban J connectivity index is 1.96. The Morgan fingerprint density at radius 2 is 1.94 bits per heavy atom. The van der Waals surface area contributed by atoms with Gasteiger partial charge in [-0.25, -0.2) is 13.8 Å². The zero-order valence-corrected chi connectivity index (χ0v) is 9.41. The van der Waals surface area contributed by atoms with Crippen molar-refractivity contribution in [1.82, 2.24) is 9.97 Å². The van der Waals surface area contributed by atoms with E-state index in [0.29, 0.717) is 18.5 Å². The van der Waals surface area contributed by atoms with Crippen molar-refractivity contribution in [3.63, 3.8) is 0 Å². The van der Waals surface area contributed by atoms with Gasteiger partial charge in [0, 0.05) is 25.0 Å². The number of nitrogens with zero attached hydrogens (tertiary/aromatic N) is 1. The van der Waals surface area contributed by atoms with Crippen molar-refractivity contribution in [2.45, 2.75) is 6.42 Å². The molecule has 0 radical (unpaired) electrons. The van der Waals surface area contributed by atoms with E-state index < -0.39 is 11.6 Å². The predicted molar refractivity (Wildman–Crippen MR) is 63.4 cm³/mol. The lowest BCUT2D eigenvalue weighted by atomic mass is 10.1. The molecule has 2 rings (SSSR count). The van der Waals surface area contributed by atoms with Crippen LogP contribution in [0.3, 0.4) is 0 Å². The first-order valence-electron chi connectivity index (χ1n) is 5.38. The van der Waals surface area contributed by atoms with Gasteiger partial charge in [-0.15, -0.1) is 0 Å². The second-order valence-electron chi connectivity index (χ2n) is 3.72. The Morgan fingerprint density at radius 1 is 1.22 bits per heavy atom. The Morgan fingerprint density at radius 3 is 2.61 bits per heavy atom. The topological polar surface area (TPSA) is 57.8 Å². The molecule has 6 heteroatoms. The lowest BCUT2D eigenvalue weighted by molar-refractivity contribution is 0.580. The van der Waals surface area contributed by atoms with Gasteiger partial charge in [0.15, 0.2) is 5.82 Å². The van der Waals surface area contributed by atoms with Crippen molar-refractivity contribution in [3.05, 3.63) is 58.1 Å². The Labute approximate surface area is 102 Å². The van der Waals surface area contributed by atoms with Crippen LogP contribution < -0.4 is 10.9 Å². The van der Waals surface area contributed by atoms with E-state index in [1.165, 1.54) is 24.5 Å². The van der Waals surface area contributed by atoms with Gasteiger partial charge in [-0.2, -0.15) is 0 Å². The number of halogens is 2. The number of anilines is 1. The number of rotatable bonds is 4. The van der Waals surface area contributed by atoms with Crippen molar-refractivity contribution in [1.29, 1.82) is 0 Å². The number of hydrogen-bond acceptors (Lipinski definition) is 3. The fourth-order valence-electron chi connectivity index (χ4n) is 1.56. The molecule has 0 unspecified atom stereocenters. The predicted octanol–water partition coefficient (Wildman–Crippen LogP) is 1.70. The molecule has 0 saturated heterocycles. The maximum atomic E-state index is 12.9. The summed E-state index contributed by atoms with van der Waals surface area (Å²) in [5.41, 5.74) is 0.190. The van der Waals surface area contributed by atoms with E-state index in [4.69, 9.17) is 0 Å². The second-order valence-corrected chi connectivity index (χ2v) is 3.72. The molecule has 2 N–H and O–H groups in total. The van der Waals surface area contributed by atoms with E-state index in [2.05, 4.69) is 15.3 Å². The molecule has 18 heavy (non-hydrogen) atoms. The standard InChI is InChI=1S/C12H11F2N3O/c13-9-5-8(6-10(14)7-9)1-2-15-11-12(18)17-4-3-16-11/h3-7H,1-2H2,(H,15,16)(H,17,18). The van der Waals surface area contributed by atoms with E-state index in [9.17, 15) is 13.6 Å². The number of hydrogen-bond donors (Lipinski definition) is 2. The van der Waals surface area contributed by atoms with Crippen LogP contribution in [-0.4, -0.2) is 16.5 Å². The molecule has 0 aliphatic heterocycles. The normalized spacial score (nSPS) is 10.3. The van der Waals surface area contributed by atoms with E-state index >= 15 is 0 Å². The molecular formula is C12H11F2N3O. The average Bonchev–Trinajstić information content (AvgIpc) is 2.30. The van der Waals surface area contributed by atoms with Crippen LogP contribution in [0.15, 0.2) is 35.4 Å². The molecule has 1 aromatic carbocycles. The minimum atomic E-state index is -0.610. The maximum Gasteiger partial charge on any atom is 0.290 e. The number of benzene rings is 1. The first-order chi connectivity index (χ1) is 8.65. The average molecular weight is 251 g/mol. The van der Waals surface area contributed by atoms with Crippen molar-refractivity contribution < 1.29 is 8.78 Å². The molecule has 2 aromatic rings. The van der Waals surface area contributed by atoms with Gasteiger partial charge in [-0.1, -0.05) is 0 Å². The van der Waals surface area contributed by atoms with Crippen LogP contribution in [0.4, 0.5) is 14.6 Å². The van der Waals surface area contributed by atoms with E-state index in [1.54, 1.807) is 0 Å². The zero-order valence-electron chi connectivity index (χ0n) is 9.41. The summed E-state index contributed by atoms with van der Waals surface area (Å²) in [6.45, 7) is 0.364. The van der Waals surface area contributed by atoms with Crippen molar-refractivity contribution in [2.75, 3.05) is 11.9 Å². The van der Waals surface area contributed by atoms with Gasteiger partial charge in [0.2, 0.25) is 0 Å². The Hall–Kier alpha value is -2.24. The largest absolute Gasteiger partial charge is 0.365 e. The Kier molecular flexibility index (Phi) is 3.66. The number of nitrogens with one attached hydrogen (secondary N) is 2. The van der Waals surface area contributed by atoms with Crippen LogP contribution in [0, 0.1) is 11.6 Å². The smallest absolute Gasteiger partial charge is 0.290 e. The molecule has 4 nitrogen and oxygen atoms in total. The van der Waals surface area contributed by atoms with E-state index in [1.807, 2.05) is 0 Å². The summed E-state index contributed by atoms with van der Waals surface area (Å²) in [5, 5.41) is 2.80. The zero-order chi connectivity index (χ0) is 13.0. The van der Waals surface area contributed by atoms with Crippen LogP contribution in [0.25, 0.3) is 0 Å². The maximum absolute atomic E-state index is 12.9. The van der Waals surface area contributed by atoms with Gasteiger partial charge in [0.25, 0.3) is 5.56 Å². The molecule has 0 aliphatic carbocycles. The third-order valence-corrected chi connectivity index (χ3v) is 2.34. The molecule has 0 saturated carbocycles. The van der Waals surface area contributed by atoms with Gasteiger partial charge in [-0.05, 0) is 24.1 Å². The fraction of sp³-hybridized carbons (Fsp3) is 0.167. The van der Waals surface area contributed by atoms with Crippen LogP contribution in [0.2, 0.25) is 0 Å². The number of aromatic amines is 1. The highest BCUT2D eigenvalue weighted by atomic mass is 19.1. The third-order valence-electron chi connectivity index (χ3n) is 2.34. The highest BCUT2D eigenvalue weighted by Crippen LogP contribution is 2.08. The lowest BCUT2D eigenvalue weighted by Gasteiger charge is -2.04. The van der Waals surface area contributed by atoms with Gasteiger partial charge < -0.3 is 10.3 Å². The molecule has 0 aliphatic rings. The van der Waals surface area contributed by atoms with Gasteiger partial charge in [0.1, 0.15) is 11.6 Å². The summed E-state index contributed by atoms with van der Waals surface area (Å²) in [7, 11) is 0. The highest BCUT2D eigenvalue weighted by molar-refractivity contribution is 5.30. The molecule has 0 atom stereocenters. The first kappa shape index (κ1) is 12.2. The summed E-state index contributed by atoms with van der Waals surface area (Å²) < 4.78 is 25.8. The SMILES string of the molecule is O=c1[nH]ccnc1NCCc1cc(F)cc(F)c1. The van der Waals surface area contributed by atoms with Crippen LogP contribution in [-0.2, 0) is 6.42 Å². The molecule has 94 valence electrons. The summed E-state index contributed by atoms with van der Waals surface area (Å²) >= 11 is 0. The van der Waals surface area contributed by atoms with Crippen molar-refractivity contribution >= 4 is 5.82 Å². The lowest BCUT2D eigenvalue weighted by Crippen LogP contribution is -2.17. The summed E-state index contributed by atoms with van der Waals surface area (Å²) in [6.07, 6.45) is 3.27. The van der Waals surface area contributed by atoms with Crippen LogP contribution >= 0.6 is 0 Å². The van der Waals surface area contributed by atoms with Gasteiger partial charge in [0.05, 0.1) is 0 Å².